The third-order valence-electron chi connectivity index (χ3n) is 3.68. The van der Waals surface area contributed by atoms with Crippen LogP contribution in [-0.2, 0) is 24.8 Å². The second-order valence-corrected chi connectivity index (χ2v) is 5.93. The van der Waals surface area contributed by atoms with Gasteiger partial charge in [-0.05, 0) is 25.5 Å². The summed E-state index contributed by atoms with van der Waals surface area (Å²) in [5.41, 5.74) is 1.87. The molecule has 0 bridgehead atoms. The number of hydrogen-bond donors (Lipinski definition) is 0. The van der Waals surface area contributed by atoms with Crippen LogP contribution in [0.4, 0.5) is 5.69 Å². The molecule has 0 aliphatic carbocycles. The summed E-state index contributed by atoms with van der Waals surface area (Å²) in [5.74, 6) is 1.49. The average molecular weight is 321 g/mol. The highest BCUT2D eigenvalue weighted by Gasteiger charge is 2.23. The molecule has 0 N–H and O–H groups in total. The van der Waals surface area contributed by atoms with E-state index in [0.717, 1.165) is 29.3 Å². The maximum atomic E-state index is 12.5. The molecule has 1 atom stereocenters. The topological polar surface area (TPSA) is 51.0 Å². The number of anilines is 1. The third-order valence-corrected chi connectivity index (χ3v) is 3.87. The number of aromatic nitrogens is 3. The van der Waals surface area contributed by atoms with E-state index in [1.807, 2.05) is 49.7 Å². The number of halogens is 1. The van der Waals surface area contributed by atoms with Gasteiger partial charge in [0.2, 0.25) is 5.91 Å². The number of para-hydroxylation sites is 1. The Hall–Kier alpha value is -1.88. The molecule has 6 heteroatoms. The average Bonchev–Trinajstić information content (AvgIpc) is 2.85. The molecule has 0 saturated heterocycles. The lowest BCUT2D eigenvalue weighted by Crippen LogP contribution is -2.36. The van der Waals surface area contributed by atoms with Crippen LogP contribution in [0.15, 0.2) is 24.3 Å². The number of amides is 1. The van der Waals surface area contributed by atoms with Crippen molar-refractivity contribution in [2.24, 2.45) is 7.05 Å². The van der Waals surface area contributed by atoms with Gasteiger partial charge >= 0.3 is 0 Å². The Balaban J connectivity index is 2.39. The Labute approximate surface area is 135 Å². The fraction of sp³-hybridized carbons (Fsp3) is 0.438. The van der Waals surface area contributed by atoms with E-state index in [9.17, 15) is 4.79 Å². The van der Waals surface area contributed by atoms with Crippen molar-refractivity contribution in [1.82, 2.24) is 14.8 Å². The lowest BCUT2D eigenvalue weighted by atomic mass is 10.1. The van der Waals surface area contributed by atoms with E-state index in [1.165, 1.54) is 0 Å². The van der Waals surface area contributed by atoms with Gasteiger partial charge in [0.05, 0.1) is 6.54 Å². The van der Waals surface area contributed by atoms with Crippen LogP contribution in [0.25, 0.3) is 0 Å². The molecular formula is C16H21ClN4O. The number of rotatable bonds is 5. The summed E-state index contributed by atoms with van der Waals surface area (Å²) in [4.78, 5) is 14.2. The Bertz CT molecular complexity index is 666. The molecule has 1 unspecified atom stereocenters. The number of benzene rings is 1. The van der Waals surface area contributed by atoms with Crippen LogP contribution >= 0.6 is 11.6 Å². The lowest BCUT2D eigenvalue weighted by Gasteiger charge is -2.25. The van der Waals surface area contributed by atoms with Gasteiger partial charge in [-0.2, -0.15) is 0 Å². The van der Waals surface area contributed by atoms with Crippen LogP contribution in [0.5, 0.6) is 0 Å². The van der Waals surface area contributed by atoms with E-state index in [1.54, 1.807) is 11.8 Å². The van der Waals surface area contributed by atoms with Gasteiger partial charge in [0.1, 0.15) is 11.2 Å². The summed E-state index contributed by atoms with van der Waals surface area (Å²) in [6, 6.07) is 7.75. The molecule has 1 aromatic carbocycles. The van der Waals surface area contributed by atoms with Gasteiger partial charge in [0.15, 0.2) is 5.82 Å². The van der Waals surface area contributed by atoms with Gasteiger partial charge in [-0.3, -0.25) is 4.79 Å². The Morgan fingerprint density at radius 2 is 1.95 bits per heavy atom. The highest BCUT2D eigenvalue weighted by atomic mass is 35.5. The first kappa shape index (κ1) is 16.5. The van der Waals surface area contributed by atoms with E-state index in [-0.39, 0.29) is 5.91 Å². The van der Waals surface area contributed by atoms with Crippen molar-refractivity contribution in [2.75, 3.05) is 4.90 Å². The first-order chi connectivity index (χ1) is 10.5. The number of carbonyl (C=O) groups excluding carboxylic acids is 1. The molecule has 0 radical (unpaired) electrons. The highest BCUT2D eigenvalue weighted by Crippen LogP contribution is 2.23. The number of carbonyl (C=O) groups is 1. The highest BCUT2D eigenvalue weighted by molar-refractivity contribution is 6.32. The SMILES string of the molecule is CCc1nnc(CN(C(=O)C(C)Cl)c2ccccc2C)n1C. The van der Waals surface area contributed by atoms with Crippen molar-refractivity contribution in [3.63, 3.8) is 0 Å². The summed E-state index contributed by atoms with van der Waals surface area (Å²) in [5, 5.41) is 7.75. The molecule has 2 aromatic rings. The zero-order chi connectivity index (χ0) is 16.3. The molecule has 0 spiro atoms. The maximum Gasteiger partial charge on any atom is 0.245 e. The van der Waals surface area contributed by atoms with Gasteiger partial charge in [0.25, 0.3) is 0 Å². The summed E-state index contributed by atoms with van der Waals surface area (Å²) >= 11 is 6.03. The van der Waals surface area contributed by atoms with Crippen molar-refractivity contribution in [1.29, 1.82) is 0 Å². The van der Waals surface area contributed by atoms with Crippen LogP contribution in [0.2, 0.25) is 0 Å². The molecule has 0 aliphatic heterocycles. The molecule has 118 valence electrons. The zero-order valence-corrected chi connectivity index (χ0v) is 14.1. The van der Waals surface area contributed by atoms with E-state index < -0.39 is 5.38 Å². The number of alkyl halides is 1. The van der Waals surface area contributed by atoms with Crippen LogP contribution in [-0.4, -0.2) is 26.0 Å². The summed E-state index contributed by atoms with van der Waals surface area (Å²) in [6.45, 7) is 6.04. The van der Waals surface area contributed by atoms with Gasteiger partial charge in [0, 0.05) is 19.2 Å². The maximum absolute atomic E-state index is 12.5. The number of aryl methyl sites for hydroxylation is 2. The molecule has 2 rings (SSSR count). The second-order valence-electron chi connectivity index (χ2n) is 5.27. The van der Waals surface area contributed by atoms with Crippen LogP contribution in [0.1, 0.15) is 31.1 Å². The Morgan fingerprint density at radius 3 is 2.50 bits per heavy atom. The molecule has 1 heterocycles. The Morgan fingerprint density at radius 1 is 1.32 bits per heavy atom. The summed E-state index contributed by atoms with van der Waals surface area (Å²) < 4.78 is 1.93. The fourth-order valence-corrected chi connectivity index (χ4v) is 2.47. The fourth-order valence-electron chi connectivity index (χ4n) is 2.35. The minimum absolute atomic E-state index is 0.142. The van der Waals surface area contributed by atoms with Gasteiger partial charge in [-0.25, -0.2) is 0 Å². The number of nitrogens with zero attached hydrogens (tertiary/aromatic N) is 4. The summed E-state index contributed by atoms with van der Waals surface area (Å²) in [7, 11) is 1.92. The van der Waals surface area contributed by atoms with E-state index in [4.69, 9.17) is 11.6 Å². The molecule has 0 fully saturated rings. The van der Waals surface area contributed by atoms with Crippen molar-refractivity contribution in [2.45, 2.75) is 39.1 Å². The smallest absolute Gasteiger partial charge is 0.245 e. The van der Waals surface area contributed by atoms with Crippen molar-refractivity contribution >= 4 is 23.2 Å². The van der Waals surface area contributed by atoms with E-state index in [0.29, 0.717) is 6.54 Å². The van der Waals surface area contributed by atoms with Crippen molar-refractivity contribution in [3.05, 3.63) is 41.5 Å². The van der Waals surface area contributed by atoms with Crippen LogP contribution in [0.3, 0.4) is 0 Å². The minimum atomic E-state index is -0.599. The quantitative estimate of drug-likeness (QED) is 0.796. The van der Waals surface area contributed by atoms with E-state index >= 15 is 0 Å². The molecule has 0 saturated carbocycles. The predicted octanol–water partition coefficient (Wildman–Crippen LogP) is 2.85. The third kappa shape index (κ3) is 3.30. The standard InChI is InChI=1S/C16H21ClN4O/c1-5-14-18-19-15(20(14)4)10-21(16(22)12(3)17)13-9-7-6-8-11(13)2/h6-9,12H,5,10H2,1-4H3. The normalized spacial score (nSPS) is 12.2. The van der Waals surface area contributed by atoms with Gasteiger partial charge in [-0.1, -0.05) is 25.1 Å². The lowest BCUT2D eigenvalue weighted by molar-refractivity contribution is -0.118. The second kappa shape index (κ2) is 6.92. The molecule has 1 aromatic heterocycles. The van der Waals surface area contributed by atoms with Crippen LogP contribution < -0.4 is 4.90 Å². The van der Waals surface area contributed by atoms with Gasteiger partial charge < -0.3 is 9.47 Å². The van der Waals surface area contributed by atoms with Gasteiger partial charge in [-0.15, -0.1) is 21.8 Å². The minimum Gasteiger partial charge on any atom is -0.317 e. The predicted molar refractivity (Wildman–Crippen MR) is 88.1 cm³/mol. The van der Waals surface area contributed by atoms with Crippen molar-refractivity contribution < 1.29 is 4.79 Å². The molecule has 22 heavy (non-hydrogen) atoms. The molecular weight excluding hydrogens is 300 g/mol. The summed E-state index contributed by atoms with van der Waals surface area (Å²) in [6.07, 6.45) is 0.799. The largest absolute Gasteiger partial charge is 0.317 e. The Kier molecular flexibility index (Phi) is 5.19. The monoisotopic (exact) mass is 320 g/mol. The molecule has 0 aliphatic rings. The first-order valence-corrected chi connectivity index (χ1v) is 7.77. The van der Waals surface area contributed by atoms with Crippen molar-refractivity contribution in [3.8, 4) is 0 Å². The van der Waals surface area contributed by atoms with Crippen LogP contribution in [0, 0.1) is 6.92 Å². The number of hydrogen-bond acceptors (Lipinski definition) is 3. The first-order valence-electron chi connectivity index (χ1n) is 7.34. The molecule has 1 amide bonds. The zero-order valence-electron chi connectivity index (χ0n) is 13.4. The molecule has 5 nitrogen and oxygen atoms in total. The van der Waals surface area contributed by atoms with E-state index in [2.05, 4.69) is 10.2 Å².